The van der Waals surface area contributed by atoms with Crippen LogP contribution in [0.1, 0.15) is 26.7 Å². The molecule has 1 unspecified atom stereocenters. The molecule has 1 aliphatic rings. The van der Waals surface area contributed by atoms with Gasteiger partial charge in [0, 0.05) is 19.6 Å². The molecule has 0 aliphatic carbocycles. The third kappa shape index (κ3) is 3.09. The number of hydrogen-bond acceptors (Lipinski definition) is 3. The summed E-state index contributed by atoms with van der Waals surface area (Å²) in [7, 11) is 0. The fourth-order valence-corrected chi connectivity index (χ4v) is 1.84. The molecule has 5 heteroatoms. The number of nitrogens with one attached hydrogen (secondary N) is 1. The van der Waals surface area contributed by atoms with E-state index in [-0.39, 0.29) is 11.6 Å². The molecule has 94 valence electrons. The average Bonchev–Trinajstić information content (AvgIpc) is 2.35. The van der Waals surface area contributed by atoms with Crippen LogP contribution < -0.4 is 11.1 Å². The molecular formula is C11H23N3O2. The summed E-state index contributed by atoms with van der Waals surface area (Å²) in [5, 5.41) is 2.88. The van der Waals surface area contributed by atoms with E-state index in [0.29, 0.717) is 26.2 Å². The second-order valence-corrected chi connectivity index (χ2v) is 4.24. The van der Waals surface area contributed by atoms with E-state index in [9.17, 15) is 4.79 Å². The van der Waals surface area contributed by atoms with E-state index in [0.717, 1.165) is 19.4 Å². The Labute approximate surface area is 97.3 Å². The van der Waals surface area contributed by atoms with Gasteiger partial charge in [0.1, 0.15) is 0 Å². The summed E-state index contributed by atoms with van der Waals surface area (Å²) >= 11 is 0. The lowest BCUT2D eigenvalue weighted by Gasteiger charge is -2.41. The summed E-state index contributed by atoms with van der Waals surface area (Å²) in [4.78, 5) is 13.6. The quantitative estimate of drug-likeness (QED) is 0.739. The van der Waals surface area contributed by atoms with E-state index in [2.05, 4.69) is 5.32 Å². The number of urea groups is 1. The van der Waals surface area contributed by atoms with Crippen LogP contribution in [0, 0.1) is 0 Å². The largest absolute Gasteiger partial charge is 0.370 e. The zero-order valence-corrected chi connectivity index (χ0v) is 10.3. The summed E-state index contributed by atoms with van der Waals surface area (Å²) in [5.41, 5.74) is 5.38. The molecule has 0 aromatic rings. The highest BCUT2D eigenvalue weighted by Crippen LogP contribution is 2.20. The minimum Gasteiger partial charge on any atom is -0.370 e. The molecule has 3 N–H and O–H groups in total. The molecule has 0 radical (unpaired) electrons. The molecule has 0 spiro atoms. The lowest BCUT2D eigenvalue weighted by molar-refractivity contribution is -0.0930. The van der Waals surface area contributed by atoms with Crippen LogP contribution in [0.25, 0.3) is 0 Å². The van der Waals surface area contributed by atoms with Crippen LogP contribution in [0.2, 0.25) is 0 Å². The maximum atomic E-state index is 11.8. The van der Waals surface area contributed by atoms with Crippen LogP contribution in [-0.2, 0) is 4.74 Å². The van der Waals surface area contributed by atoms with Crippen molar-refractivity contribution >= 4 is 6.03 Å². The van der Waals surface area contributed by atoms with Gasteiger partial charge in [-0.15, -0.1) is 0 Å². The highest BCUT2D eigenvalue weighted by atomic mass is 16.5. The van der Waals surface area contributed by atoms with Gasteiger partial charge in [0.15, 0.2) is 0 Å². The molecule has 1 aliphatic heterocycles. The summed E-state index contributed by atoms with van der Waals surface area (Å²) in [6, 6.07) is -0.00331. The number of nitrogens with zero attached hydrogens (tertiary/aromatic N) is 1. The van der Waals surface area contributed by atoms with Crippen LogP contribution in [0.4, 0.5) is 4.79 Å². The van der Waals surface area contributed by atoms with Crippen molar-refractivity contribution in [3.8, 4) is 0 Å². The standard InChI is InChI=1S/C11H23N3O2/c1-3-5-13-10(15)14-6-7-16-11(4-2,8-12)9-14/h3-9,12H2,1-2H3,(H,13,15). The zero-order chi connectivity index (χ0) is 12.0. The molecule has 1 fully saturated rings. The van der Waals surface area contributed by atoms with E-state index < -0.39 is 0 Å². The zero-order valence-electron chi connectivity index (χ0n) is 10.3. The number of nitrogens with two attached hydrogens (primary N) is 1. The van der Waals surface area contributed by atoms with Crippen molar-refractivity contribution in [1.82, 2.24) is 10.2 Å². The summed E-state index contributed by atoms with van der Waals surface area (Å²) in [6.07, 6.45) is 1.78. The van der Waals surface area contributed by atoms with Crippen molar-refractivity contribution in [2.45, 2.75) is 32.3 Å². The topological polar surface area (TPSA) is 67.6 Å². The fourth-order valence-electron chi connectivity index (χ4n) is 1.84. The third-order valence-electron chi connectivity index (χ3n) is 3.08. The van der Waals surface area contributed by atoms with Crippen molar-refractivity contribution < 1.29 is 9.53 Å². The highest BCUT2D eigenvalue weighted by Gasteiger charge is 2.35. The summed E-state index contributed by atoms with van der Waals surface area (Å²) in [6.45, 7) is 7.08. The van der Waals surface area contributed by atoms with Crippen LogP contribution in [-0.4, -0.2) is 49.3 Å². The van der Waals surface area contributed by atoms with Crippen molar-refractivity contribution in [3.63, 3.8) is 0 Å². The second kappa shape index (κ2) is 6.06. The van der Waals surface area contributed by atoms with Gasteiger partial charge in [-0.2, -0.15) is 0 Å². The molecule has 1 saturated heterocycles. The first kappa shape index (κ1) is 13.3. The van der Waals surface area contributed by atoms with Gasteiger partial charge in [0.05, 0.1) is 18.8 Å². The summed E-state index contributed by atoms with van der Waals surface area (Å²) in [5.74, 6) is 0. The number of amides is 2. The van der Waals surface area contributed by atoms with Gasteiger partial charge in [-0.05, 0) is 12.8 Å². The van der Waals surface area contributed by atoms with E-state index in [1.54, 1.807) is 4.90 Å². The van der Waals surface area contributed by atoms with Gasteiger partial charge in [0.25, 0.3) is 0 Å². The van der Waals surface area contributed by atoms with Crippen molar-refractivity contribution in [1.29, 1.82) is 0 Å². The minimum atomic E-state index is -0.345. The highest BCUT2D eigenvalue weighted by molar-refractivity contribution is 5.74. The molecule has 0 aromatic heterocycles. The Bertz CT molecular complexity index is 229. The molecule has 0 bridgehead atoms. The predicted octanol–water partition coefficient (Wildman–Crippen LogP) is 0.546. The maximum Gasteiger partial charge on any atom is 0.317 e. The number of morpholine rings is 1. The first-order valence-electron chi connectivity index (χ1n) is 6.04. The summed E-state index contributed by atoms with van der Waals surface area (Å²) < 4.78 is 5.70. The molecule has 1 heterocycles. The first-order chi connectivity index (χ1) is 7.67. The smallest absolute Gasteiger partial charge is 0.317 e. The Morgan fingerprint density at radius 2 is 2.31 bits per heavy atom. The number of ether oxygens (including phenoxy) is 1. The van der Waals surface area contributed by atoms with Gasteiger partial charge < -0.3 is 20.7 Å². The van der Waals surface area contributed by atoms with E-state index in [4.69, 9.17) is 10.5 Å². The SMILES string of the molecule is CCCNC(=O)N1CCOC(CC)(CN)C1. The molecular weight excluding hydrogens is 206 g/mol. The van der Waals surface area contributed by atoms with Gasteiger partial charge >= 0.3 is 6.03 Å². The third-order valence-corrected chi connectivity index (χ3v) is 3.08. The molecule has 5 nitrogen and oxygen atoms in total. The number of hydrogen-bond donors (Lipinski definition) is 2. The number of carbonyl (C=O) groups excluding carboxylic acids is 1. The minimum absolute atomic E-state index is 0.00331. The Hall–Kier alpha value is -0.810. The Morgan fingerprint density at radius 3 is 2.88 bits per heavy atom. The lowest BCUT2D eigenvalue weighted by Crippen LogP contribution is -2.58. The molecule has 1 rings (SSSR count). The van der Waals surface area contributed by atoms with Gasteiger partial charge in [-0.25, -0.2) is 4.79 Å². The van der Waals surface area contributed by atoms with Gasteiger partial charge in [-0.3, -0.25) is 0 Å². The average molecular weight is 229 g/mol. The Balaban J connectivity index is 2.52. The van der Waals surface area contributed by atoms with Crippen LogP contribution >= 0.6 is 0 Å². The normalized spacial score (nSPS) is 25.6. The molecule has 2 amide bonds. The van der Waals surface area contributed by atoms with E-state index >= 15 is 0 Å². The second-order valence-electron chi connectivity index (χ2n) is 4.24. The van der Waals surface area contributed by atoms with Crippen LogP contribution in [0.5, 0.6) is 0 Å². The maximum absolute atomic E-state index is 11.8. The van der Waals surface area contributed by atoms with Gasteiger partial charge in [0.2, 0.25) is 0 Å². The predicted molar refractivity (Wildman–Crippen MR) is 63.3 cm³/mol. The Kier molecular flexibility index (Phi) is 5.02. The van der Waals surface area contributed by atoms with E-state index in [1.807, 2.05) is 13.8 Å². The van der Waals surface area contributed by atoms with E-state index in [1.165, 1.54) is 0 Å². The van der Waals surface area contributed by atoms with Crippen molar-refractivity contribution in [2.24, 2.45) is 5.73 Å². The number of rotatable bonds is 4. The fraction of sp³-hybridized carbons (Fsp3) is 0.909. The Morgan fingerprint density at radius 1 is 1.56 bits per heavy atom. The monoisotopic (exact) mass is 229 g/mol. The molecule has 16 heavy (non-hydrogen) atoms. The first-order valence-corrected chi connectivity index (χ1v) is 6.04. The van der Waals surface area contributed by atoms with Crippen molar-refractivity contribution in [2.75, 3.05) is 32.8 Å². The van der Waals surface area contributed by atoms with Crippen LogP contribution in [0.3, 0.4) is 0 Å². The molecule has 0 aromatic carbocycles. The van der Waals surface area contributed by atoms with Crippen LogP contribution in [0.15, 0.2) is 0 Å². The lowest BCUT2D eigenvalue weighted by atomic mass is 9.98. The van der Waals surface area contributed by atoms with Gasteiger partial charge in [-0.1, -0.05) is 13.8 Å². The molecule has 1 atom stereocenters. The molecule has 0 saturated carbocycles. The van der Waals surface area contributed by atoms with Crippen molar-refractivity contribution in [3.05, 3.63) is 0 Å². The number of carbonyl (C=O) groups is 1.